The van der Waals surface area contributed by atoms with Crippen LogP contribution in [-0.4, -0.2) is 19.8 Å². The van der Waals surface area contributed by atoms with E-state index in [2.05, 4.69) is 12.1 Å². The number of ether oxygens (including phenoxy) is 2. The van der Waals surface area contributed by atoms with Crippen molar-refractivity contribution >= 4 is 0 Å². The molecule has 0 unspecified atom stereocenters. The summed E-state index contributed by atoms with van der Waals surface area (Å²) in [5.74, 6) is 1.85. The van der Waals surface area contributed by atoms with Gasteiger partial charge in [-0.3, -0.25) is 0 Å². The first-order valence-electron chi connectivity index (χ1n) is 7.45. The quantitative estimate of drug-likeness (QED) is 0.890. The molecule has 0 spiro atoms. The van der Waals surface area contributed by atoms with E-state index in [1.807, 2.05) is 6.07 Å². The number of benzene rings is 1. The number of hydrogen-bond donors (Lipinski definition) is 1. The molecule has 1 saturated carbocycles. The summed E-state index contributed by atoms with van der Waals surface area (Å²) in [5.41, 5.74) is 7.51. The molecule has 1 fully saturated rings. The molecule has 0 bridgehead atoms. The van der Waals surface area contributed by atoms with Crippen LogP contribution < -0.4 is 15.2 Å². The minimum Gasteiger partial charge on any atom is -0.490 e. The molecule has 3 heteroatoms. The second-order valence-corrected chi connectivity index (χ2v) is 5.73. The Labute approximate surface area is 115 Å². The van der Waals surface area contributed by atoms with Crippen LogP contribution in [0.5, 0.6) is 11.5 Å². The minimum atomic E-state index is 0.0945. The summed E-state index contributed by atoms with van der Waals surface area (Å²) in [5, 5.41) is 0. The first-order valence-corrected chi connectivity index (χ1v) is 7.45. The van der Waals surface area contributed by atoms with E-state index in [1.165, 1.54) is 37.7 Å². The lowest BCUT2D eigenvalue weighted by atomic mass is 9.69. The molecule has 0 radical (unpaired) electrons. The summed E-state index contributed by atoms with van der Waals surface area (Å²) >= 11 is 0. The fraction of sp³-hybridized carbons (Fsp3) is 0.625. The molecule has 1 heterocycles. The summed E-state index contributed by atoms with van der Waals surface area (Å²) in [6.45, 7) is 2.18. The highest BCUT2D eigenvalue weighted by atomic mass is 16.5. The van der Waals surface area contributed by atoms with Crippen molar-refractivity contribution in [1.82, 2.24) is 0 Å². The highest BCUT2D eigenvalue weighted by Gasteiger charge is 2.36. The number of hydrogen-bond acceptors (Lipinski definition) is 3. The summed E-state index contributed by atoms with van der Waals surface area (Å²) in [7, 11) is 0. The van der Waals surface area contributed by atoms with Crippen molar-refractivity contribution in [3.8, 4) is 11.5 Å². The zero-order valence-electron chi connectivity index (χ0n) is 11.5. The molecule has 19 heavy (non-hydrogen) atoms. The van der Waals surface area contributed by atoms with Crippen LogP contribution in [0.25, 0.3) is 0 Å². The predicted octanol–water partition coefficient (Wildman–Crippen LogP) is 3.01. The Morgan fingerprint density at radius 1 is 1.00 bits per heavy atom. The summed E-state index contributed by atoms with van der Waals surface area (Å²) in [6, 6.07) is 6.28. The lowest BCUT2D eigenvalue weighted by Crippen LogP contribution is -2.37. The van der Waals surface area contributed by atoms with Crippen molar-refractivity contribution in [2.75, 3.05) is 19.8 Å². The van der Waals surface area contributed by atoms with Gasteiger partial charge in [-0.1, -0.05) is 31.4 Å². The van der Waals surface area contributed by atoms with E-state index < -0.39 is 0 Å². The van der Waals surface area contributed by atoms with E-state index >= 15 is 0 Å². The van der Waals surface area contributed by atoms with Crippen molar-refractivity contribution < 1.29 is 9.47 Å². The normalized spacial score (nSPS) is 21.7. The molecule has 0 atom stereocenters. The van der Waals surface area contributed by atoms with Crippen molar-refractivity contribution in [1.29, 1.82) is 0 Å². The van der Waals surface area contributed by atoms with Crippen LogP contribution in [0, 0.1) is 0 Å². The van der Waals surface area contributed by atoms with E-state index in [0.29, 0.717) is 6.54 Å². The molecule has 2 N–H and O–H groups in total. The topological polar surface area (TPSA) is 44.5 Å². The third kappa shape index (κ3) is 2.32. The zero-order chi connectivity index (χ0) is 13.1. The highest BCUT2D eigenvalue weighted by Crippen LogP contribution is 2.46. The first kappa shape index (κ1) is 12.8. The third-order valence-electron chi connectivity index (χ3n) is 4.54. The molecular formula is C16H23NO2. The highest BCUT2D eigenvalue weighted by molar-refractivity contribution is 5.51. The largest absolute Gasteiger partial charge is 0.490 e. The molecule has 3 nitrogen and oxygen atoms in total. The van der Waals surface area contributed by atoms with Gasteiger partial charge in [0, 0.05) is 23.9 Å². The maximum atomic E-state index is 6.15. The van der Waals surface area contributed by atoms with Gasteiger partial charge in [0.05, 0.1) is 13.2 Å². The fourth-order valence-corrected chi connectivity index (χ4v) is 3.42. The van der Waals surface area contributed by atoms with Crippen molar-refractivity contribution in [3.05, 3.63) is 23.8 Å². The van der Waals surface area contributed by atoms with Gasteiger partial charge in [0.25, 0.3) is 0 Å². The Kier molecular flexibility index (Phi) is 3.65. The molecule has 1 aliphatic carbocycles. The molecule has 2 aliphatic rings. The molecular weight excluding hydrogens is 238 g/mol. The standard InChI is InChI=1S/C16H23NO2/c17-12-16(8-2-1-3-9-16)13-6-4-7-14-15(13)19-11-5-10-18-14/h4,6-7H,1-3,5,8-12,17H2. The van der Waals surface area contributed by atoms with E-state index in [-0.39, 0.29) is 5.41 Å². The molecule has 1 aliphatic heterocycles. The Morgan fingerprint density at radius 2 is 1.79 bits per heavy atom. The van der Waals surface area contributed by atoms with Gasteiger partial charge in [-0.05, 0) is 18.9 Å². The van der Waals surface area contributed by atoms with Crippen LogP contribution in [0.15, 0.2) is 18.2 Å². The monoisotopic (exact) mass is 261 g/mol. The average molecular weight is 261 g/mol. The summed E-state index contributed by atoms with van der Waals surface area (Å²) in [4.78, 5) is 0. The average Bonchev–Trinajstić information content (AvgIpc) is 2.73. The molecule has 0 amide bonds. The molecule has 3 rings (SSSR count). The van der Waals surface area contributed by atoms with Gasteiger partial charge in [-0.15, -0.1) is 0 Å². The van der Waals surface area contributed by atoms with E-state index in [9.17, 15) is 0 Å². The minimum absolute atomic E-state index is 0.0945. The van der Waals surface area contributed by atoms with Gasteiger partial charge in [0.15, 0.2) is 11.5 Å². The fourth-order valence-electron chi connectivity index (χ4n) is 3.42. The number of fused-ring (bicyclic) bond motifs is 1. The molecule has 104 valence electrons. The zero-order valence-corrected chi connectivity index (χ0v) is 11.5. The Hall–Kier alpha value is -1.22. The molecule has 0 saturated heterocycles. The van der Waals surface area contributed by atoms with Gasteiger partial charge in [0.1, 0.15) is 0 Å². The Bertz CT molecular complexity index is 438. The smallest absolute Gasteiger partial charge is 0.164 e. The maximum absolute atomic E-state index is 6.15. The maximum Gasteiger partial charge on any atom is 0.164 e. The van der Waals surface area contributed by atoms with Crippen molar-refractivity contribution in [3.63, 3.8) is 0 Å². The van der Waals surface area contributed by atoms with Crippen LogP contribution in [-0.2, 0) is 5.41 Å². The van der Waals surface area contributed by atoms with Gasteiger partial charge in [0.2, 0.25) is 0 Å². The molecule has 0 aromatic heterocycles. The summed E-state index contributed by atoms with van der Waals surface area (Å²) < 4.78 is 11.8. The predicted molar refractivity (Wildman–Crippen MR) is 75.9 cm³/mol. The Morgan fingerprint density at radius 3 is 2.58 bits per heavy atom. The van der Waals surface area contributed by atoms with Crippen LogP contribution in [0.1, 0.15) is 44.1 Å². The third-order valence-corrected chi connectivity index (χ3v) is 4.54. The van der Waals surface area contributed by atoms with E-state index in [4.69, 9.17) is 15.2 Å². The lowest BCUT2D eigenvalue weighted by Gasteiger charge is -2.37. The van der Waals surface area contributed by atoms with Crippen LogP contribution >= 0.6 is 0 Å². The number of rotatable bonds is 2. The first-order chi connectivity index (χ1) is 9.36. The number of nitrogens with two attached hydrogens (primary N) is 1. The second-order valence-electron chi connectivity index (χ2n) is 5.73. The molecule has 1 aromatic rings. The second kappa shape index (κ2) is 5.41. The van der Waals surface area contributed by atoms with Crippen LogP contribution in [0.3, 0.4) is 0 Å². The van der Waals surface area contributed by atoms with Crippen LogP contribution in [0.4, 0.5) is 0 Å². The molecule has 1 aromatic carbocycles. The van der Waals surface area contributed by atoms with Gasteiger partial charge < -0.3 is 15.2 Å². The van der Waals surface area contributed by atoms with Crippen LogP contribution in [0.2, 0.25) is 0 Å². The van der Waals surface area contributed by atoms with Crippen molar-refractivity contribution in [2.45, 2.75) is 43.9 Å². The van der Waals surface area contributed by atoms with E-state index in [1.54, 1.807) is 0 Å². The van der Waals surface area contributed by atoms with Gasteiger partial charge in [-0.2, -0.15) is 0 Å². The van der Waals surface area contributed by atoms with E-state index in [0.717, 1.165) is 31.1 Å². The van der Waals surface area contributed by atoms with Gasteiger partial charge in [-0.25, -0.2) is 0 Å². The SMILES string of the molecule is NCC1(c2cccc3c2OCCCO3)CCCCC1. The Balaban J connectivity index is 2.03. The van der Waals surface area contributed by atoms with Crippen molar-refractivity contribution in [2.24, 2.45) is 5.73 Å². The van der Waals surface area contributed by atoms with Gasteiger partial charge >= 0.3 is 0 Å². The number of para-hydroxylation sites is 1. The lowest BCUT2D eigenvalue weighted by molar-refractivity contribution is 0.271. The summed E-state index contributed by atoms with van der Waals surface area (Å²) in [6.07, 6.45) is 7.15.